The third-order valence-corrected chi connectivity index (χ3v) is 2.26. The van der Waals surface area contributed by atoms with Crippen molar-refractivity contribution in [1.29, 1.82) is 0 Å². The minimum Gasteiger partial charge on any atom is -0.482 e. The van der Waals surface area contributed by atoms with Gasteiger partial charge in [-0.3, -0.25) is 4.79 Å². The lowest BCUT2D eigenvalue weighted by atomic mass is 10.3. The van der Waals surface area contributed by atoms with Crippen LogP contribution >= 0.6 is 0 Å². The summed E-state index contributed by atoms with van der Waals surface area (Å²) in [5, 5.41) is 15.9. The van der Waals surface area contributed by atoms with E-state index in [-0.39, 0.29) is 12.5 Å². The number of aliphatic carboxylic acids is 1. The predicted molar refractivity (Wildman–Crippen MR) is 75.3 cm³/mol. The zero-order valence-electron chi connectivity index (χ0n) is 11.5. The van der Waals surface area contributed by atoms with Crippen LogP contribution in [-0.2, 0) is 9.59 Å². The molecule has 0 spiro atoms. The average Bonchev–Trinajstić information content (AvgIpc) is 2.45. The molecule has 0 radical (unpaired) electrons. The highest BCUT2D eigenvalue weighted by atomic mass is 16.5. The number of ether oxygens (including phenoxy) is 1. The minimum atomic E-state index is -1.07. The molecule has 1 aromatic carbocycles. The van der Waals surface area contributed by atoms with Crippen LogP contribution in [0.15, 0.2) is 24.3 Å². The van der Waals surface area contributed by atoms with Gasteiger partial charge in [-0.05, 0) is 31.2 Å². The first-order chi connectivity index (χ1) is 10.0. The van der Waals surface area contributed by atoms with Crippen LogP contribution in [0.1, 0.15) is 6.92 Å². The summed E-state index contributed by atoms with van der Waals surface area (Å²) in [4.78, 5) is 33.0. The first-order valence-corrected chi connectivity index (χ1v) is 6.27. The van der Waals surface area contributed by atoms with Gasteiger partial charge in [-0.15, -0.1) is 0 Å². The molecule has 1 rings (SSSR count). The molecular formula is C13H17N3O5. The number of carbonyl (C=O) groups excluding carboxylic acids is 2. The number of urea groups is 1. The number of carboxylic acid groups (broad SMARTS) is 1. The van der Waals surface area contributed by atoms with Gasteiger partial charge in [0.15, 0.2) is 6.61 Å². The summed E-state index contributed by atoms with van der Waals surface area (Å²) >= 11 is 0. The van der Waals surface area contributed by atoms with E-state index < -0.39 is 18.6 Å². The molecule has 114 valence electrons. The Kier molecular flexibility index (Phi) is 6.52. The number of anilines is 1. The van der Waals surface area contributed by atoms with Gasteiger partial charge < -0.3 is 25.8 Å². The fraction of sp³-hybridized carbons (Fsp3) is 0.308. The average molecular weight is 295 g/mol. The van der Waals surface area contributed by atoms with E-state index >= 15 is 0 Å². The number of likely N-dealkylation sites (N-methyl/N-ethyl adjacent to an activating group) is 1. The lowest BCUT2D eigenvalue weighted by Gasteiger charge is -2.08. The molecule has 8 nitrogen and oxygen atoms in total. The van der Waals surface area contributed by atoms with Crippen molar-refractivity contribution in [3.63, 3.8) is 0 Å². The van der Waals surface area contributed by atoms with Gasteiger partial charge >= 0.3 is 12.0 Å². The van der Waals surface area contributed by atoms with Gasteiger partial charge in [0, 0.05) is 12.2 Å². The molecule has 0 unspecified atom stereocenters. The lowest BCUT2D eigenvalue weighted by molar-refractivity contribution is -0.139. The zero-order chi connectivity index (χ0) is 15.7. The number of amides is 3. The largest absolute Gasteiger partial charge is 0.482 e. The second kappa shape index (κ2) is 8.41. The Morgan fingerprint density at radius 3 is 2.38 bits per heavy atom. The van der Waals surface area contributed by atoms with Crippen LogP contribution < -0.4 is 20.7 Å². The molecular weight excluding hydrogens is 278 g/mol. The summed E-state index contributed by atoms with van der Waals surface area (Å²) in [6.07, 6.45) is 0. The van der Waals surface area contributed by atoms with Crippen molar-refractivity contribution in [3.05, 3.63) is 24.3 Å². The summed E-state index contributed by atoms with van der Waals surface area (Å²) < 4.78 is 4.95. The van der Waals surface area contributed by atoms with Crippen LogP contribution in [0.4, 0.5) is 10.5 Å². The van der Waals surface area contributed by atoms with Crippen LogP contribution in [-0.4, -0.2) is 42.7 Å². The van der Waals surface area contributed by atoms with Crippen LogP contribution in [0.5, 0.6) is 5.75 Å². The van der Waals surface area contributed by atoms with Crippen LogP contribution in [0, 0.1) is 0 Å². The molecule has 0 bridgehead atoms. The van der Waals surface area contributed by atoms with Crippen molar-refractivity contribution < 1.29 is 24.2 Å². The fourth-order valence-electron chi connectivity index (χ4n) is 1.38. The Bertz CT molecular complexity index is 501. The van der Waals surface area contributed by atoms with Crippen LogP contribution in [0.2, 0.25) is 0 Å². The first kappa shape index (κ1) is 16.3. The minimum absolute atomic E-state index is 0.112. The van der Waals surface area contributed by atoms with E-state index in [4.69, 9.17) is 9.84 Å². The summed E-state index contributed by atoms with van der Waals surface area (Å²) in [5.41, 5.74) is 0.492. The topological polar surface area (TPSA) is 117 Å². The zero-order valence-corrected chi connectivity index (χ0v) is 11.5. The third-order valence-electron chi connectivity index (χ3n) is 2.26. The summed E-state index contributed by atoms with van der Waals surface area (Å²) in [6.45, 7) is 1.74. The molecule has 1 aromatic rings. The molecule has 0 aromatic heterocycles. The Morgan fingerprint density at radius 2 is 1.81 bits per heavy atom. The van der Waals surface area contributed by atoms with Gasteiger partial charge in [-0.1, -0.05) is 0 Å². The van der Waals surface area contributed by atoms with Crippen LogP contribution in [0.25, 0.3) is 0 Å². The smallest absolute Gasteiger partial charge is 0.341 e. The molecule has 3 amide bonds. The molecule has 0 aliphatic rings. The second-order valence-corrected chi connectivity index (χ2v) is 3.97. The number of rotatable bonds is 7. The van der Waals surface area contributed by atoms with Gasteiger partial charge in [0.1, 0.15) is 5.75 Å². The van der Waals surface area contributed by atoms with Crippen molar-refractivity contribution in [2.45, 2.75) is 6.92 Å². The number of carbonyl (C=O) groups is 3. The molecule has 21 heavy (non-hydrogen) atoms. The molecule has 8 heteroatoms. The molecule has 0 aliphatic heterocycles. The van der Waals surface area contributed by atoms with E-state index in [1.165, 1.54) is 12.1 Å². The molecule has 0 aliphatic carbocycles. The van der Waals surface area contributed by atoms with E-state index in [0.717, 1.165) is 0 Å². The molecule has 4 N–H and O–H groups in total. The highest BCUT2D eigenvalue weighted by molar-refractivity contribution is 5.92. The van der Waals surface area contributed by atoms with Crippen LogP contribution in [0.3, 0.4) is 0 Å². The van der Waals surface area contributed by atoms with Gasteiger partial charge in [-0.2, -0.15) is 0 Å². The maximum absolute atomic E-state index is 11.5. The first-order valence-electron chi connectivity index (χ1n) is 6.27. The predicted octanol–water partition coefficient (Wildman–Crippen LogP) is 0.408. The van der Waals surface area contributed by atoms with Crippen molar-refractivity contribution >= 4 is 23.6 Å². The van der Waals surface area contributed by atoms with E-state index in [2.05, 4.69) is 16.0 Å². The Hall–Kier alpha value is -2.77. The molecule has 0 saturated heterocycles. The Morgan fingerprint density at radius 1 is 1.14 bits per heavy atom. The molecule has 0 saturated carbocycles. The SMILES string of the molecule is CCNC(=O)CNC(=O)Nc1ccc(OCC(=O)O)cc1. The highest BCUT2D eigenvalue weighted by Gasteiger charge is 2.05. The quantitative estimate of drug-likeness (QED) is 0.581. The second-order valence-electron chi connectivity index (χ2n) is 3.97. The van der Waals surface area contributed by atoms with Crippen molar-refractivity contribution in [2.24, 2.45) is 0 Å². The van der Waals surface area contributed by atoms with Gasteiger partial charge in [0.25, 0.3) is 0 Å². The van der Waals surface area contributed by atoms with E-state index in [9.17, 15) is 14.4 Å². The maximum Gasteiger partial charge on any atom is 0.341 e. The fourth-order valence-corrected chi connectivity index (χ4v) is 1.38. The van der Waals surface area contributed by atoms with Gasteiger partial charge in [0.2, 0.25) is 5.91 Å². The monoisotopic (exact) mass is 295 g/mol. The van der Waals surface area contributed by atoms with Gasteiger partial charge in [0.05, 0.1) is 6.54 Å². The van der Waals surface area contributed by atoms with Crippen molar-refractivity contribution in [1.82, 2.24) is 10.6 Å². The molecule has 0 heterocycles. The Balaban J connectivity index is 2.39. The van der Waals surface area contributed by atoms with E-state index in [1.807, 2.05) is 0 Å². The summed E-state index contributed by atoms with van der Waals surface area (Å²) in [7, 11) is 0. The normalized spacial score (nSPS) is 9.57. The van der Waals surface area contributed by atoms with Crippen molar-refractivity contribution in [3.8, 4) is 5.75 Å². The Labute approximate surface area is 121 Å². The van der Waals surface area contributed by atoms with E-state index in [1.54, 1.807) is 19.1 Å². The van der Waals surface area contributed by atoms with E-state index in [0.29, 0.717) is 18.0 Å². The number of hydrogen-bond donors (Lipinski definition) is 4. The summed E-state index contributed by atoms with van der Waals surface area (Å²) in [5.74, 6) is -0.960. The number of carboxylic acids is 1. The standard InChI is InChI=1S/C13H17N3O5/c1-2-14-11(17)7-15-13(20)16-9-3-5-10(6-4-9)21-8-12(18)19/h3-6H,2,7-8H2,1H3,(H,14,17)(H,18,19)(H2,15,16,20). The highest BCUT2D eigenvalue weighted by Crippen LogP contribution is 2.15. The maximum atomic E-state index is 11.5. The summed E-state index contributed by atoms with van der Waals surface area (Å²) in [6, 6.07) is 5.66. The van der Waals surface area contributed by atoms with Crippen molar-refractivity contribution in [2.75, 3.05) is 25.0 Å². The third kappa shape index (κ3) is 6.81. The number of hydrogen-bond acceptors (Lipinski definition) is 4. The van der Waals surface area contributed by atoms with Gasteiger partial charge in [-0.25, -0.2) is 9.59 Å². The molecule has 0 atom stereocenters. The lowest BCUT2D eigenvalue weighted by Crippen LogP contribution is -2.38. The number of benzene rings is 1. The molecule has 0 fully saturated rings. The number of nitrogens with one attached hydrogen (secondary N) is 3.